The van der Waals surface area contributed by atoms with E-state index in [2.05, 4.69) is 20.6 Å². The first-order valence-electron chi connectivity index (χ1n) is 5.06. The molecule has 16 heavy (non-hydrogen) atoms. The average molecular weight is 217 g/mol. The first-order valence-corrected chi connectivity index (χ1v) is 5.06. The van der Waals surface area contributed by atoms with Crippen molar-refractivity contribution in [2.45, 2.75) is 12.0 Å². The first kappa shape index (κ1) is 9.29. The molecule has 1 aliphatic heterocycles. The Hall–Kier alpha value is -1.95. The van der Waals surface area contributed by atoms with Crippen LogP contribution >= 0.6 is 0 Å². The van der Waals surface area contributed by atoms with Gasteiger partial charge in [-0.2, -0.15) is 5.21 Å². The topological polar surface area (TPSA) is 89.7 Å². The average Bonchev–Trinajstić information content (AvgIpc) is 2.84. The number of H-pyrrole nitrogens is 1. The third-order valence-electron chi connectivity index (χ3n) is 2.87. The number of nitrogens with two attached hydrogens (primary N) is 1. The van der Waals surface area contributed by atoms with Crippen LogP contribution in [0.15, 0.2) is 24.3 Å². The highest BCUT2D eigenvalue weighted by Gasteiger charge is 2.39. The van der Waals surface area contributed by atoms with Crippen molar-refractivity contribution >= 4 is 0 Å². The number of hydrogen-bond acceptors (Lipinski definition) is 5. The molecule has 3 N–H and O–H groups in total. The van der Waals surface area contributed by atoms with Gasteiger partial charge in [0.05, 0.1) is 6.61 Å². The van der Waals surface area contributed by atoms with Crippen molar-refractivity contribution in [2.24, 2.45) is 5.73 Å². The monoisotopic (exact) mass is 217 g/mol. The van der Waals surface area contributed by atoms with Crippen LogP contribution in [0.4, 0.5) is 0 Å². The quantitative estimate of drug-likeness (QED) is 0.711. The van der Waals surface area contributed by atoms with Gasteiger partial charge in [0.25, 0.3) is 0 Å². The number of aromatic nitrogens is 4. The van der Waals surface area contributed by atoms with Crippen LogP contribution in [0.2, 0.25) is 0 Å². The predicted octanol–water partition coefficient (Wildman–Crippen LogP) is 0.184. The lowest BCUT2D eigenvalue weighted by atomic mass is 9.85. The number of nitrogens with one attached hydrogen (secondary N) is 1. The number of aromatic amines is 1. The number of benzene rings is 1. The second kappa shape index (κ2) is 3.28. The molecular weight excluding hydrogens is 206 g/mol. The van der Waals surface area contributed by atoms with Crippen LogP contribution in [0.5, 0.6) is 5.75 Å². The molecule has 0 aliphatic carbocycles. The molecule has 2 aromatic rings. The van der Waals surface area contributed by atoms with E-state index >= 15 is 0 Å². The Balaban J connectivity index is 2.17. The van der Waals surface area contributed by atoms with Gasteiger partial charge in [-0.15, -0.1) is 10.2 Å². The van der Waals surface area contributed by atoms with Gasteiger partial charge < -0.3 is 10.5 Å². The summed E-state index contributed by atoms with van der Waals surface area (Å²) in [7, 11) is 0. The van der Waals surface area contributed by atoms with Crippen LogP contribution in [-0.4, -0.2) is 27.2 Å². The lowest BCUT2D eigenvalue weighted by molar-refractivity contribution is 0.232. The normalized spacial score (nSPS) is 23.6. The van der Waals surface area contributed by atoms with Crippen LogP contribution in [0.3, 0.4) is 0 Å². The largest absolute Gasteiger partial charge is 0.493 e. The number of rotatable bonds is 1. The van der Waals surface area contributed by atoms with Gasteiger partial charge in [0.1, 0.15) is 11.3 Å². The maximum absolute atomic E-state index is 6.37. The Labute approximate surface area is 91.8 Å². The van der Waals surface area contributed by atoms with E-state index in [0.29, 0.717) is 18.9 Å². The van der Waals surface area contributed by atoms with E-state index < -0.39 is 5.54 Å². The summed E-state index contributed by atoms with van der Waals surface area (Å²) in [6.45, 7) is 0.558. The summed E-state index contributed by atoms with van der Waals surface area (Å²) in [4.78, 5) is 0. The summed E-state index contributed by atoms with van der Waals surface area (Å²) < 4.78 is 5.55. The van der Waals surface area contributed by atoms with E-state index in [1.54, 1.807) is 0 Å². The first-order chi connectivity index (χ1) is 7.81. The number of nitrogens with zero attached hydrogens (tertiary/aromatic N) is 3. The fraction of sp³-hybridized carbons (Fsp3) is 0.300. The third-order valence-corrected chi connectivity index (χ3v) is 2.87. The lowest BCUT2D eigenvalue weighted by Gasteiger charge is -2.32. The number of tetrazole rings is 1. The number of fused-ring (bicyclic) bond motifs is 1. The minimum atomic E-state index is -0.707. The Morgan fingerprint density at radius 3 is 3.06 bits per heavy atom. The lowest BCUT2D eigenvalue weighted by Crippen LogP contribution is -2.43. The van der Waals surface area contributed by atoms with Gasteiger partial charge in [0, 0.05) is 12.0 Å². The number of para-hydroxylation sites is 1. The molecule has 1 unspecified atom stereocenters. The molecule has 6 heteroatoms. The summed E-state index contributed by atoms with van der Waals surface area (Å²) in [6, 6.07) is 7.68. The van der Waals surface area contributed by atoms with Crippen LogP contribution in [0, 0.1) is 0 Å². The molecule has 0 saturated heterocycles. The standard InChI is InChI=1S/C10H11N5O/c11-10(9-12-14-15-13-9)5-6-16-8-4-2-1-3-7(8)10/h1-4H,5-6,11H2,(H,12,13,14,15). The van der Waals surface area contributed by atoms with Crippen molar-refractivity contribution in [3.63, 3.8) is 0 Å². The molecule has 6 nitrogen and oxygen atoms in total. The predicted molar refractivity (Wildman–Crippen MR) is 55.7 cm³/mol. The van der Waals surface area contributed by atoms with Gasteiger partial charge in [0.2, 0.25) is 0 Å². The SMILES string of the molecule is NC1(c2nn[nH]n2)CCOc2ccccc21. The van der Waals surface area contributed by atoms with Gasteiger partial charge in [-0.25, -0.2) is 0 Å². The molecular formula is C10H11N5O. The third kappa shape index (κ3) is 1.20. The molecule has 0 saturated carbocycles. The van der Waals surface area contributed by atoms with Crippen molar-refractivity contribution in [1.82, 2.24) is 20.6 Å². The zero-order chi connectivity index (χ0) is 11.0. The molecule has 2 heterocycles. The van der Waals surface area contributed by atoms with Crippen LogP contribution < -0.4 is 10.5 Å². The van der Waals surface area contributed by atoms with E-state index in [0.717, 1.165) is 11.3 Å². The second-order valence-corrected chi connectivity index (χ2v) is 3.80. The van der Waals surface area contributed by atoms with Crippen molar-refractivity contribution in [1.29, 1.82) is 0 Å². The Morgan fingerprint density at radius 2 is 2.25 bits per heavy atom. The van der Waals surface area contributed by atoms with E-state index in [1.165, 1.54) is 0 Å². The van der Waals surface area contributed by atoms with Gasteiger partial charge in [-0.05, 0) is 6.07 Å². The van der Waals surface area contributed by atoms with Crippen molar-refractivity contribution in [3.05, 3.63) is 35.7 Å². The second-order valence-electron chi connectivity index (χ2n) is 3.80. The van der Waals surface area contributed by atoms with Gasteiger partial charge >= 0.3 is 0 Å². The molecule has 1 atom stereocenters. The summed E-state index contributed by atoms with van der Waals surface area (Å²) >= 11 is 0. The van der Waals surface area contributed by atoms with E-state index in [4.69, 9.17) is 10.5 Å². The minimum absolute atomic E-state index is 0.503. The minimum Gasteiger partial charge on any atom is -0.493 e. The maximum atomic E-state index is 6.37. The fourth-order valence-electron chi connectivity index (χ4n) is 2.00. The Kier molecular flexibility index (Phi) is 1.90. The molecule has 1 aromatic carbocycles. The molecule has 1 aromatic heterocycles. The van der Waals surface area contributed by atoms with Crippen molar-refractivity contribution in [2.75, 3.05) is 6.61 Å². The van der Waals surface area contributed by atoms with Crippen molar-refractivity contribution in [3.8, 4) is 5.75 Å². The highest BCUT2D eigenvalue weighted by atomic mass is 16.5. The number of ether oxygens (including phenoxy) is 1. The summed E-state index contributed by atoms with van der Waals surface area (Å²) in [5.41, 5.74) is 6.57. The van der Waals surface area contributed by atoms with E-state index in [9.17, 15) is 0 Å². The molecule has 0 bridgehead atoms. The highest BCUT2D eigenvalue weighted by molar-refractivity contribution is 5.44. The molecule has 0 radical (unpaired) electrons. The van der Waals surface area contributed by atoms with Gasteiger partial charge in [-0.3, -0.25) is 0 Å². The summed E-state index contributed by atoms with van der Waals surface area (Å²) in [5, 5.41) is 14.0. The smallest absolute Gasteiger partial charge is 0.199 e. The molecule has 0 spiro atoms. The zero-order valence-corrected chi connectivity index (χ0v) is 8.55. The van der Waals surface area contributed by atoms with Crippen LogP contribution in [0.25, 0.3) is 0 Å². The van der Waals surface area contributed by atoms with Gasteiger partial charge in [-0.1, -0.05) is 23.4 Å². The van der Waals surface area contributed by atoms with Crippen molar-refractivity contribution < 1.29 is 4.74 Å². The zero-order valence-electron chi connectivity index (χ0n) is 8.55. The van der Waals surface area contributed by atoms with Gasteiger partial charge in [0.15, 0.2) is 5.82 Å². The van der Waals surface area contributed by atoms with E-state index in [1.807, 2.05) is 24.3 Å². The van der Waals surface area contributed by atoms with E-state index in [-0.39, 0.29) is 0 Å². The van der Waals surface area contributed by atoms with Crippen LogP contribution in [0.1, 0.15) is 17.8 Å². The molecule has 0 amide bonds. The fourth-order valence-corrected chi connectivity index (χ4v) is 2.00. The highest BCUT2D eigenvalue weighted by Crippen LogP contribution is 2.37. The summed E-state index contributed by atoms with van der Waals surface area (Å²) in [6.07, 6.45) is 0.642. The maximum Gasteiger partial charge on any atom is 0.199 e. The number of hydrogen-bond donors (Lipinski definition) is 2. The molecule has 1 aliphatic rings. The summed E-state index contributed by atoms with van der Waals surface area (Å²) in [5.74, 6) is 1.30. The molecule has 3 rings (SSSR count). The Morgan fingerprint density at radius 1 is 1.38 bits per heavy atom. The molecule has 0 fully saturated rings. The Bertz CT molecular complexity index is 498. The van der Waals surface area contributed by atoms with Crippen LogP contribution in [-0.2, 0) is 5.54 Å². The molecule has 82 valence electrons.